The molecule has 1 aromatic heterocycles. The normalized spacial score (nSPS) is 12.7. The predicted octanol–water partition coefficient (Wildman–Crippen LogP) is 6.77. The maximum atomic E-state index is 13.4. The van der Waals surface area contributed by atoms with Crippen molar-refractivity contribution in [3.63, 3.8) is 0 Å². The van der Waals surface area contributed by atoms with Crippen LogP contribution in [-0.2, 0) is 43.1 Å². The molecule has 0 radical (unpaired) electrons. The molecule has 1 amide bonds. The number of esters is 2. The number of nitrogen functional groups attached to an aromatic ring is 1. The molecule has 12 nitrogen and oxygen atoms in total. The molecule has 4 N–H and O–H groups in total. The molecule has 2 rings (SSSR count). The molecule has 1 aromatic carbocycles. The van der Waals surface area contributed by atoms with Crippen molar-refractivity contribution >= 4 is 29.6 Å². The Morgan fingerprint density at radius 3 is 2.06 bits per heavy atom. The van der Waals surface area contributed by atoms with E-state index >= 15 is 0 Å². The number of carbonyl (C=O) groups is 3. The van der Waals surface area contributed by atoms with Crippen molar-refractivity contribution in [3.05, 3.63) is 40.6 Å². The summed E-state index contributed by atoms with van der Waals surface area (Å²) >= 11 is 0. The minimum atomic E-state index is -0.627. The minimum absolute atomic E-state index is 0.0270. The lowest BCUT2D eigenvalue weighted by atomic mass is 9.97. The maximum absolute atomic E-state index is 13.4. The van der Waals surface area contributed by atoms with E-state index in [1.165, 1.54) is 0 Å². The first kappa shape index (κ1) is 42.8. The third kappa shape index (κ3) is 16.4. The highest BCUT2D eigenvalue weighted by molar-refractivity contribution is 5.78. The fourth-order valence-electron chi connectivity index (χ4n) is 5.67. The second kappa shape index (κ2) is 20.4. The fraction of sp³-hybridized carbons (Fsp3) is 0.641. The number of hydrogen-bond donors (Lipinski definition) is 3. The number of ether oxygens (including phenoxy) is 3. The Morgan fingerprint density at radius 2 is 1.51 bits per heavy atom. The van der Waals surface area contributed by atoms with Gasteiger partial charge in [0.15, 0.2) is 0 Å². The number of hydrogen-bond acceptors (Lipinski definition) is 11. The zero-order valence-electron chi connectivity index (χ0n) is 32.2. The molecule has 0 bridgehead atoms. The topological polar surface area (TPSA) is 179 Å². The van der Waals surface area contributed by atoms with Gasteiger partial charge in [0.05, 0.1) is 38.1 Å². The third-order valence-electron chi connectivity index (χ3n) is 7.88. The zero-order chi connectivity index (χ0) is 38.2. The Hall–Kier alpha value is -4.40. The molecule has 2 aromatic rings. The van der Waals surface area contributed by atoms with Gasteiger partial charge in [-0.25, -0.2) is 4.98 Å². The number of carbonyl (C=O) groups excluding carboxylic acids is 3. The molecule has 282 valence electrons. The van der Waals surface area contributed by atoms with Crippen molar-refractivity contribution < 1.29 is 28.6 Å². The number of aryl methyl sites for hydroxylation is 1. The Morgan fingerprint density at radius 1 is 0.922 bits per heavy atom. The van der Waals surface area contributed by atoms with Crippen LogP contribution in [0.25, 0.3) is 0 Å². The van der Waals surface area contributed by atoms with Gasteiger partial charge >= 0.3 is 11.9 Å². The summed E-state index contributed by atoms with van der Waals surface area (Å²) in [6.45, 7) is 15.1. The SMILES string of the molecule is CCCCC(CC(=O)OC(C)(C)C)NC(=O)CCc1nc(N)nc(NC(CCCC)CC(=O)OC(C)(C)C)c1Cc1cc(CC#N)ccc1OC. The number of nitrogens with zero attached hydrogens (tertiary/aromatic N) is 3. The minimum Gasteiger partial charge on any atom is -0.496 e. The van der Waals surface area contributed by atoms with Crippen LogP contribution < -0.4 is 21.1 Å². The van der Waals surface area contributed by atoms with Gasteiger partial charge in [0.2, 0.25) is 11.9 Å². The Labute approximate surface area is 304 Å². The molecule has 0 saturated carbocycles. The number of nitrogens with one attached hydrogen (secondary N) is 2. The van der Waals surface area contributed by atoms with Gasteiger partial charge in [0.1, 0.15) is 22.8 Å². The zero-order valence-corrected chi connectivity index (χ0v) is 32.2. The first-order chi connectivity index (χ1) is 24.0. The van der Waals surface area contributed by atoms with Crippen LogP contribution in [0.15, 0.2) is 18.2 Å². The molecule has 0 fully saturated rings. The second-order valence-electron chi connectivity index (χ2n) is 15.0. The Bertz CT molecular complexity index is 1490. The maximum Gasteiger partial charge on any atom is 0.308 e. The van der Waals surface area contributed by atoms with Crippen LogP contribution in [0.3, 0.4) is 0 Å². The highest BCUT2D eigenvalue weighted by atomic mass is 16.6. The monoisotopic (exact) mass is 708 g/mol. The van der Waals surface area contributed by atoms with Gasteiger partial charge in [0, 0.05) is 30.5 Å². The van der Waals surface area contributed by atoms with Crippen molar-refractivity contribution in [2.24, 2.45) is 0 Å². The second-order valence-corrected chi connectivity index (χ2v) is 15.0. The van der Waals surface area contributed by atoms with Gasteiger partial charge < -0.3 is 30.6 Å². The number of amides is 1. The molecule has 0 saturated heterocycles. The van der Waals surface area contributed by atoms with Crippen molar-refractivity contribution in [2.45, 2.75) is 156 Å². The summed E-state index contributed by atoms with van der Waals surface area (Å²) in [5, 5.41) is 15.9. The highest BCUT2D eigenvalue weighted by Crippen LogP contribution is 2.30. The lowest BCUT2D eigenvalue weighted by molar-refractivity contribution is -0.156. The summed E-state index contributed by atoms with van der Waals surface area (Å²) in [6, 6.07) is 7.13. The largest absolute Gasteiger partial charge is 0.496 e. The van der Waals surface area contributed by atoms with Gasteiger partial charge in [-0.1, -0.05) is 51.7 Å². The van der Waals surface area contributed by atoms with E-state index < -0.39 is 11.2 Å². The van der Waals surface area contributed by atoms with E-state index in [9.17, 15) is 19.6 Å². The molecule has 2 unspecified atom stereocenters. The molecule has 0 spiro atoms. The third-order valence-corrected chi connectivity index (χ3v) is 7.88. The van der Waals surface area contributed by atoms with Gasteiger partial charge in [-0.05, 0) is 78.0 Å². The molecule has 1 heterocycles. The van der Waals surface area contributed by atoms with Gasteiger partial charge in [0.25, 0.3) is 0 Å². The summed E-state index contributed by atoms with van der Waals surface area (Å²) < 4.78 is 16.9. The van der Waals surface area contributed by atoms with E-state index in [4.69, 9.17) is 19.9 Å². The van der Waals surface area contributed by atoms with E-state index in [-0.39, 0.29) is 68.0 Å². The summed E-state index contributed by atoms with van der Waals surface area (Å²) in [5.41, 5.74) is 7.94. The average molecular weight is 709 g/mol. The lowest BCUT2D eigenvalue weighted by Crippen LogP contribution is -2.38. The van der Waals surface area contributed by atoms with Crippen LogP contribution >= 0.6 is 0 Å². The van der Waals surface area contributed by atoms with Crippen LogP contribution in [0.4, 0.5) is 11.8 Å². The molecule has 0 aliphatic carbocycles. The number of rotatable bonds is 20. The molecule has 51 heavy (non-hydrogen) atoms. The summed E-state index contributed by atoms with van der Waals surface area (Å²) in [4.78, 5) is 48.2. The van der Waals surface area contributed by atoms with Crippen LogP contribution in [0, 0.1) is 11.3 Å². The number of benzene rings is 1. The number of unbranched alkanes of at least 4 members (excludes halogenated alkanes) is 2. The standard InChI is InChI=1S/C39H60N6O6/c1-10-12-14-28(24-34(47)50-38(3,4)5)42-33(46)19-17-31-30(23-27-22-26(20-21-40)16-18-32(27)49-9)36(45-37(41)44-31)43-29(15-13-11-2)25-35(48)51-39(6,7)8/h16,18,22,28-29H,10-15,17,19-20,23-25H2,1-9H3,(H,42,46)(H3,41,43,44,45). The number of nitrogens with two attached hydrogens (primary N) is 1. The van der Waals surface area contributed by atoms with E-state index in [0.29, 0.717) is 42.1 Å². The number of nitriles is 1. The number of methoxy groups -OCH3 is 1. The summed E-state index contributed by atoms with van der Waals surface area (Å²) in [5.74, 6) is 0.200. The molecular weight excluding hydrogens is 648 g/mol. The highest BCUT2D eigenvalue weighted by Gasteiger charge is 2.25. The van der Waals surface area contributed by atoms with Crippen molar-refractivity contribution in [3.8, 4) is 11.8 Å². The molecule has 0 aliphatic heterocycles. The van der Waals surface area contributed by atoms with E-state index in [1.807, 2.05) is 59.7 Å². The molecule has 0 aliphatic rings. The van der Waals surface area contributed by atoms with Gasteiger partial charge in [-0.3, -0.25) is 14.4 Å². The van der Waals surface area contributed by atoms with E-state index in [0.717, 1.165) is 36.8 Å². The fourth-order valence-corrected chi connectivity index (χ4v) is 5.67. The number of aromatic nitrogens is 2. The van der Waals surface area contributed by atoms with Gasteiger partial charge in [-0.15, -0.1) is 0 Å². The van der Waals surface area contributed by atoms with Crippen molar-refractivity contribution in [1.29, 1.82) is 5.26 Å². The molecule has 12 heteroatoms. The summed E-state index contributed by atoms with van der Waals surface area (Å²) in [6.07, 6.45) is 5.98. The lowest BCUT2D eigenvalue weighted by Gasteiger charge is -2.25. The van der Waals surface area contributed by atoms with E-state index in [2.05, 4.69) is 40.5 Å². The predicted molar refractivity (Wildman–Crippen MR) is 199 cm³/mol. The van der Waals surface area contributed by atoms with Crippen LogP contribution in [0.1, 0.15) is 136 Å². The summed E-state index contributed by atoms with van der Waals surface area (Å²) in [7, 11) is 1.58. The average Bonchev–Trinajstić information content (AvgIpc) is 3.01. The van der Waals surface area contributed by atoms with Crippen LogP contribution in [0.5, 0.6) is 5.75 Å². The Kier molecular flexibility index (Phi) is 17.1. The van der Waals surface area contributed by atoms with E-state index in [1.54, 1.807) is 7.11 Å². The Balaban J connectivity index is 2.50. The van der Waals surface area contributed by atoms with Gasteiger partial charge in [-0.2, -0.15) is 10.2 Å². The quantitative estimate of drug-likeness (QED) is 0.124. The van der Waals surface area contributed by atoms with Crippen LogP contribution in [0.2, 0.25) is 0 Å². The molecule has 2 atom stereocenters. The first-order valence-electron chi connectivity index (χ1n) is 18.1. The van der Waals surface area contributed by atoms with Crippen LogP contribution in [-0.4, -0.2) is 58.2 Å². The smallest absolute Gasteiger partial charge is 0.308 e. The number of anilines is 2. The van der Waals surface area contributed by atoms with Crippen molar-refractivity contribution in [2.75, 3.05) is 18.2 Å². The first-order valence-corrected chi connectivity index (χ1v) is 18.1. The van der Waals surface area contributed by atoms with Crippen molar-refractivity contribution in [1.82, 2.24) is 15.3 Å². The molecular formula is C39H60N6O6.